The summed E-state index contributed by atoms with van der Waals surface area (Å²) in [6.07, 6.45) is 1.80. The van der Waals surface area contributed by atoms with Gasteiger partial charge in [0.1, 0.15) is 5.76 Å². The minimum Gasteiger partial charge on any atom is -0.469 e. The van der Waals surface area contributed by atoms with Gasteiger partial charge in [0, 0.05) is 21.7 Å². The van der Waals surface area contributed by atoms with Crippen molar-refractivity contribution in [1.82, 2.24) is 0 Å². The average Bonchev–Trinajstić information content (AvgIpc) is 2.61. The van der Waals surface area contributed by atoms with E-state index < -0.39 is 0 Å². The molecule has 0 spiro atoms. The van der Waals surface area contributed by atoms with E-state index in [1.54, 1.807) is 6.26 Å². The molecule has 0 aliphatic heterocycles. The van der Waals surface area contributed by atoms with Crippen LogP contribution in [0, 0.1) is 6.92 Å². The highest BCUT2D eigenvalue weighted by molar-refractivity contribution is 6.33. The van der Waals surface area contributed by atoms with Crippen LogP contribution in [-0.4, -0.2) is 0 Å². The van der Waals surface area contributed by atoms with Crippen LogP contribution in [0.3, 0.4) is 0 Å². The van der Waals surface area contributed by atoms with Crippen LogP contribution in [0.1, 0.15) is 31.1 Å². The van der Waals surface area contributed by atoms with Crippen molar-refractivity contribution in [2.45, 2.75) is 26.7 Å². The van der Waals surface area contributed by atoms with E-state index in [9.17, 15) is 0 Å². The van der Waals surface area contributed by atoms with Crippen LogP contribution in [0.15, 0.2) is 34.9 Å². The van der Waals surface area contributed by atoms with Crippen molar-refractivity contribution in [1.29, 1.82) is 0 Å². The summed E-state index contributed by atoms with van der Waals surface area (Å²) in [7, 11) is 0. The molecule has 0 saturated carbocycles. The molecule has 1 aromatic carbocycles. The van der Waals surface area contributed by atoms with Gasteiger partial charge in [0.25, 0.3) is 0 Å². The Morgan fingerprint density at radius 3 is 2.44 bits per heavy atom. The van der Waals surface area contributed by atoms with Crippen molar-refractivity contribution >= 4 is 11.6 Å². The maximum Gasteiger partial charge on any atom is 0.104 e. The highest BCUT2D eigenvalue weighted by Gasteiger charge is 2.16. The second-order valence-corrected chi connectivity index (χ2v) is 4.66. The van der Waals surface area contributed by atoms with Gasteiger partial charge >= 0.3 is 0 Å². The number of aryl methyl sites for hydroxylation is 1. The third-order valence-corrected chi connectivity index (χ3v) is 3.09. The number of benzene rings is 1. The van der Waals surface area contributed by atoms with E-state index in [4.69, 9.17) is 16.0 Å². The molecule has 16 heavy (non-hydrogen) atoms. The minimum atomic E-state index is 0.435. The Morgan fingerprint density at radius 1 is 1.12 bits per heavy atom. The van der Waals surface area contributed by atoms with E-state index in [2.05, 4.69) is 13.8 Å². The number of hydrogen-bond acceptors (Lipinski definition) is 1. The zero-order valence-corrected chi connectivity index (χ0v) is 10.5. The van der Waals surface area contributed by atoms with Gasteiger partial charge in [-0.15, -0.1) is 0 Å². The quantitative estimate of drug-likeness (QED) is 0.710. The molecule has 0 aliphatic carbocycles. The Morgan fingerprint density at radius 2 is 1.81 bits per heavy atom. The van der Waals surface area contributed by atoms with Crippen LogP contribution in [-0.2, 0) is 0 Å². The minimum absolute atomic E-state index is 0.435. The number of furan rings is 1. The van der Waals surface area contributed by atoms with Crippen LogP contribution in [0.25, 0.3) is 11.1 Å². The predicted molar refractivity (Wildman–Crippen MR) is 68.0 cm³/mol. The molecule has 0 radical (unpaired) electrons. The van der Waals surface area contributed by atoms with E-state index in [-0.39, 0.29) is 0 Å². The fourth-order valence-electron chi connectivity index (χ4n) is 2.07. The second kappa shape index (κ2) is 4.34. The summed E-state index contributed by atoms with van der Waals surface area (Å²) in [5, 5.41) is 0.769. The van der Waals surface area contributed by atoms with Crippen LogP contribution < -0.4 is 0 Å². The third kappa shape index (κ3) is 1.88. The monoisotopic (exact) mass is 234 g/mol. The van der Waals surface area contributed by atoms with E-state index >= 15 is 0 Å². The van der Waals surface area contributed by atoms with Gasteiger partial charge in [-0.2, -0.15) is 0 Å². The molecule has 0 bridgehead atoms. The van der Waals surface area contributed by atoms with Gasteiger partial charge < -0.3 is 4.42 Å². The molecule has 84 valence electrons. The van der Waals surface area contributed by atoms with Crippen molar-refractivity contribution in [2.75, 3.05) is 0 Å². The van der Waals surface area contributed by atoms with Gasteiger partial charge in [0.2, 0.25) is 0 Å². The lowest BCUT2D eigenvalue weighted by Gasteiger charge is -2.08. The molecule has 1 aromatic heterocycles. The second-order valence-electron chi connectivity index (χ2n) is 4.25. The van der Waals surface area contributed by atoms with Gasteiger partial charge in [-0.25, -0.2) is 0 Å². The summed E-state index contributed by atoms with van der Waals surface area (Å²) >= 11 is 6.20. The number of rotatable bonds is 2. The van der Waals surface area contributed by atoms with Crippen LogP contribution in [0.2, 0.25) is 5.02 Å². The summed E-state index contributed by atoms with van der Waals surface area (Å²) in [5.41, 5.74) is 3.40. The Balaban J connectivity index is 2.61. The predicted octanol–water partition coefficient (Wildman–Crippen LogP) is 5.03. The summed E-state index contributed by atoms with van der Waals surface area (Å²) in [6, 6.07) is 7.86. The molecule has 2 rings (SSSR count). The van der Waals surface area contributed by atoms with Crippen molar-refractivity contribution in [2.24, 2.45) is 0 Å². The maximum atomic E-state index is 6.20. The van der Waals surface area contributed by atoms with Crippen LogP contribution in [0.4, 0.5) is 0 Å². The molecule has 1 nitrogen and oxygen atoms in total. The largest absolute Gasteiger partial charge is 0.469 e. The fraction of sp³-hybridized carbons (Fsp3) is 0.286. The Kier molecular flexibility index (Phi) is 3.06. The molecule has 0 amide bonds. The molecule has 0 aliphatic rings. The third-order valence-electron chi connectivity index (χ3n) is 2.76. The molecule has 0 atom stereocenters. The lowest BCUT2D eigenvalue weighted by atomic mass is 9.95. The molecular weight excluding hydrogens is 220 g/mol. The van der Waals surface area contributed by atoms with E-state index in [0.717, 1.165) is 21.9 Å². The SMILES string of the molecule is Cc1occ(-c2ccccc2Cl)c1C(C)C. The Labute approximate surface area is 101 Å². The number of halogens is 1. The van der Waals surface area contributed by atoms with Gasteiger partial charge in [-0.05, 0) is 18.9 Å². The zero-order chi connectivity index (χ0) is 11.7. The van der Waals surface area contributed by atoms with E-state index in [0.29, 0.717) is 5.92 Å². The topological polar surface area (TPSA) is 13.1 Å². The summed E-state index contributed by atoms with van der Waals surface area (Å²) in [5.74, 6) is 1.41. The molecule has 0 saturated heterocycles. The lowest BCUT2D eigenvalue weighted by molar-refractivity contribution is 0.527. The molecular formula is C14H15ClO. The molecule has 0 fully saturated rings. The molecule has 0 unspecified atom stereocenters. The van der Waals surface area contributed by atoms with Gasteiger partial charge in [0.15, 0.2) is 0 Å². The fourth-order valence-corrected chi connectivity index (χ4v) is 2.31. The smallest absolute Gasteiger partial charge is 0.104 e. The normalized spacial score (nSPS) is 11.1. The first-order valence-corrected chi connectivity index (χ1v) is 5.82. The van der Waals surface area contributed by atoms with Crippen LogP contribution >= 0.6 is 11.6 Å². The van der Waals surface area contributed by atoms with E-state index in [1.807, 2.05) is 31.2 Å². The summed E-state index contributed by atoms with van der Waals surface area (Å²) < 4.78 is 5.51. The standard InChI is InChI=1S/C14H15ClO/c1-9(2)14-10(3)16-8-12(14)11-6-4-5-7-13(11)15/h4-9H,1-3H3. The maximum absolute atomic E-state index is 6.20. The Hall–Kier alpha value is -1.21. The molecule has 1 heterocycles. The summed E-state index contributed by atoms with van der Waals surface area (Å²) in [4.78, 5) is 0. The van der Waals surface area contributed by atoms with Crippen molar-refractivity contribution in [3.8, 4) is 11.1 Å². The van der Waals surface area contributed by atoms with Gasteiger partial charge in [-0.3, -0.25) is 0 Å². The summed E-state index contributed by atoms with van der Waals surface area (Å²) in [6.45, 7) is 6.33. The van der Waals surface area contributed by atoms with Crippen molar-refractivity contribution < 1.29 is 4.42 Å². The lowest BCUT2D eigenvalue weighted by Crippen LogP contribution is -1.91. The van der Waals surface area contributed by atoms with Gasteiger partial charge in [0.05, 0.1) is 6.26 Å². The zero-order valence-electron chi connectivity index (χ0n) is 9.75. The van der Waals surface area contributed by atoms with Crippen molar-refractivity contribution in [3.63, 3.8) is 0 Å². The van der Waals surface area contributed by atoms with Crippen molar-refractivity contribution in [3.05, 3.63) is 46.9 Å². The van der Waals surface area contributed by atoms with E-state index in [1.165, 1.54) is 5.56 Å². The molecule has 2 heteroatoms. The highest BCUT2D eigenvalue weighted by Crippen LogP contribution is 2.36. The molecule has 2 aromatic rings. The number of hydrogen-bond donors (Lipinski definition) is 0. The highest BCUT2D eigenvalue weighted by atomic mass is 35.5. The average molecular weight is 235 g/mol. The first-order chi connectivity index (χ1) is 7.61. The first-order valence-electron chi connectivity index (χ1n) is 5.44. The van der Waals surface area contributed by atoms with Crippen LogP contribution in [0.5, 0.6) is 0 Å². The van der Waals surface area contributed by atoms with Gasteiger partial charge in [-0.1, -0.05) is 43.6 Å². The first kappa shape index (κ1) is 11.3. The molecule has 0 N–H and O–H groups in total. The Bertz CT molecular complexity index is 497.